The molecule has 1 unspecified atom stereocenters. The fraction of sp³-hybridized carbons (Fsp3) is 0.875. The number of aryl methyl sites for hydroxylation is 1. The molecule has 0 spiro atoms. The molecule has 0 radical (unpaired) electrons. The number of hydrogen-bond acceptors (Lipinski definition) is 5. The third-order valence-electron chi connectivity index (χ3n) is 4.74. The van der Waals surface area contributed by atoms with Gasteiger partial charge in [0.05, 0.1) is 13.2 Å². The normalized spacial score (nSPS) is 19.6. The Hall–Kier alpha value is -0.940. The zero-order valence-electron chi connectivity index (χ0n) is 13.4. The molecule has 1 aliphatic rings. The second kappa shape index (κ2) is 7.90. The molecule has 1 aromatic rings. The summed E-state index contributed by atoms with van der Waals surface area (Å²) in [6, 6.07) is 0. The standard InChI is InChI=1S/C16H29N3O2/c1-3-4-10-15-18-14(19-21-15)11-17-16(2,12-20)13-8-6-5-7-9-13/h13,17,20H,3-12H2,1-2H3. The van der Waals surface area contributed by atoms with Crippen LogP contribution >= 0.6 is 0 Å². The molecule has 120 valence electrons. The van der Waals surface area contributed by atoms with Crippen LogP contribution in [0.5, 0.6) is 0 Å². The molecule has 0 amide bonds. The van der Waals surface area contributed by atoms with Gasteiger partial charge in [-0.2, -0.15) is 4.98 Å². The number of hydrogen-bond donors (Lipinski definition) is 2. The Morgan fingerprint density at radius 1 is 1.33 bits per heavy atom. The van der Waals surface area contributed by atoms with E-state index in [-0.39, 0.29) is 12.1 Å². The summed E-state index contributed by atoms with van der Waals surface area (Å²) < 4.78 is 5.25. The molecule has 2 N–H and O–H groups in total. The van der Waals surface area contributed by atoms with Gasteiger partial charge < -0.3 is 14.9 Å². The van der Waals surface area contributed by atoms with Crippen LogP contribution in [0, 0.1) is 5.92 Å². The predicted octanol–water partition coefficient (Wildman–Crippen LogP) is 2.83. The maximum atomic E-state index is 9.81. The summed E-state index contributed by atoms with van der Waals surface area (Å²) in [7, 11) is 0. The Bertz CT molecular complexity index is 415. The minimum absolute atomic E-state index is 0.151. The van der Waals surface area contributed by atoms with Crippen LogP contribution in [0.1, 0.15) is 70.5 Å². The van der Waals surface area contributed by atoms with Crippen molar-refractivity contribution in [2.75, 3.05) is 6.61 Å². The van der Waals surface area contributed by atoms with Gasteiger partial charge in [-0.25, -0.2) is 0 Å². The number of aliphatic hydroxyl groups is 1. The van der Waals surface area contributed by atoms with Crippen LogP contribution in [-0.4, -0.2) is 27.4 Å². The summed E-state index contributed by atoms with van der Waals surface area (Å²) in [5.74, 6) is 1.94. The molecule has 2 rings (SSSR count). The first-order valence-electron chi connectivity index (χ1n) is 8.35. The number of rotatable bonds is 8. The highest BCUT2D eigenvalue weighted by atomic mass is 16.5. The average molecular weight is 295 g/mol. The minimum Gasteiger partial charge on any atom is -0.394 e. The SMILES string of the molecule is CCCCc1nc(CNC(C)(CO)C2CCCCC2)no1. The molecule has 0 aromatic carbocycles. The molecule has 1 aliphatic carbocycles. The minimum atomic E-state index is -0.245. The third-order valence-corrected chi connectivity index (χ3v) is 4.74. The molecule has 5 nitrogen and oxygen atoms in total. The zero-order valence-corrected chi connectivity index (χ0v) is 13.4. The van der Waals surface area contributed by atoms with E-state index >= 15 is 0 Å². The fourth-order valence-corrected chi connectivity index (χ4v) is 3.14. The summed E-state index contributed by atoms with van der Waals surface area (Å²) in [5, 5.41) is 17.3. The Kier molecular flexibility index (Phi) is 6.18. The van der Waals surface area contributed by atoms with Crippen LogP contribution in [0.3, 0.4) is 0 Å². The maximum Gasteiger partial charge on any atom is 0.226 e. The van der Waals surface area contributed by atoms with Crippen molar-refractivity contribution in [3.05, 3.63) is 11.7 Å². The van der Waals surface area contributed by atoms with E-state index in [2.05, 4.69) is 29.3 Å². The van der Waals surface area contributed by atoms with Crippen molar-refractivity contribution in [1.29, 1.82) is 0 Å². The van der Waals surface area contributed by atoms with E-state index in [1.165, 1.54) is 32.1 Å². The fourth-order valence-electron chi connectivity index (χ4n) is 3.14. The second-order valence-corrected chi connectivity index (χ2v) is 6.47. The smallest absolute Gasteiger partial charge is 0.226 e. The largest absolute Gasteiger partial charge is 0.394 e. The van der Waals surface area contributed by atoms with E-state index < -0.39 is 0 Å². The van der Waals surface area contributed by atoms with Crippen molar-refractivity contribution in [3.8, 4) is 0 Å². The van der Waals surface area contributed by atoms with E-state index in [1.54, 1.807) is 0 Å². The quantitative estimate of drug-likeness (QED) is 0.771. The molecule has 21 heavy (non-hydrogen) atoms. The van der Waals surface area contributed by atoms with Gasteiger partial charge in [-0.05, 0) is 32.1 Å². The highest BCUT2D eigenvalue weighted by molar-refractivity contribution is 4.94. The molecule has 0 bridgehead atoms. The van der Waals surface area contributed by atoms with E-state index in [0.717, 1.165) is 25.2 Å². The Labute approximate surface area is 127 Å². The van der Waals surface area contributed by atoms with Crippen molar-refractivity contribution in [2.24, 2.45) is 5.92 Å². The monoisotopic (exact) mass is 295 g/mol. The Morgan fingerprint density at radius 3 is 2.76 bits per heavy atom. The number of nitrogens with zero attached hydrogens (tertiary/aromatic N) is 2. The highest BCUT2D eigenvalue weighted by Crippen LogP contribution is 2.32. The van der Waals surface area contributed by atoms with E-state index in [4.69, 9.17) is 4.52 Å². The van der Waals surface area contributed by atoms with Gasteiger partial charge in [-0.1, -0.05) is 37.8 Å². The van der Waals surface area contributed by atoms with E-state index in [1.807, 2.05) is 0 Å². The first-order valence-corrected chi connectivity index (χ1v) is 8.35. The molecule has 5 heteroatoms. The lowest BCUT2D eigenvalue weighted by atomic mass is 9.76. The summed E-state index contributed by atoms with van der Waals surface area (Å²) in [4.78, 5) is 4.41. The number of nitrogens with one attached hydrogen (secondary N) is 1. The first-order chi connectivity index (χ1) is 10.2. The maximum absolute atomic E-state index is 9.81. The van der Waals surface area contributed by atoms with Crippen LogP contribution in [0.2, 0.25) is 0 Å². The van der Waals surface area contributed by atoms with Crippen LogP contribution in [0.15, 0.2) is 4.52 Å². The zero-order chi connectivity index (χ0) is 15.1. The lowest BCUT2D eigenvalue weighted by Gasteiger charge is -2.39. The first kappa shape index (κ1) is 16.4. The molecule has 0 aliphatic heterocycles. The van der Waals surface area contributed by atoms with Crippen molar-refractivity contribution < 1.29 is 9.63 Å². The molecule has 1 heterocycles. The van der Waals surface area contributed by atoms with Gasteiger partial charge in [0.25, 0.3) is 0 Å². The van der Waals surface area contributed by atoms with Crippen LogP contribution in [0.4, 0.5) is 0 Å². The number of aliphatic hydroxyl groups excluding tert-OH is 1. The van der Waals surface area contributed by atoms with Gasteiger partial charge >= 0.3 is 0 Å². The summed E-state index contributed by atoms with van der Waals surface area (Å²) >= 11 is 0. The van der Waals surface area contributed by atoms with Crippen molar-refractivity contribution >= 4 is 0 Å². The topological polar surface area (TPSA) is 71.2 Å². The highest BCUT2D eigenvalue weighted by Gasteiger charge is 2.34. The van der Waals surface area contributed by atoms with Gasteiger partial charge in [-0.3, -0.25) is 0 Å². The molecular formula is C16H29N3O2. The van der Waals surface area contributed by atoms with Crippen LogP contribution < -0.4 is 5.32 Å². The van der Waals surface area contributed by atoms with Crippen LogP contribution in [0.25, 0.3) is 0 Å². The summed E-state index contributed by atoms with van der Waals surface area (Å²) in [5.41, 5.74) is -0.245. The van der Waals surface area contributed by atoms with Gasteiger partial charge in [-0.15, -0.1) is 0 Å². The summed E-state index contributed by atoms with van der Waals surface area (Å²) in [6.45, 7) is 4.97. The summed E-state index contributed by atoms with van der Waals surface area (Å²) in [6.07, 6.45) is 9.30. The van der Waals surface area contributed by atoms with E-state index in [9.17, 15) is 5.11 Å². The Morgan fingerprint density at radius 2 is 2.10 bits per heavy atom. The lowest BCUT2D eigenvalue weighted by Crippen LogP contribution is -2.52. The predicted molar refractivity (Wildman–Crippen MR) is 81.8 cm³/mol. The van der Waals surface area contributed by atoms with Crippen LogP contribution in [-0.2, 0) is 13.0 Å². The lowest BCUT2D eigenvalue weighted by molar-refractivity contribution is 0.0928. The van der Waals surface area contributed by atoms with E-state index in [0.29, 0.717) is 18.3 Å². The van der Waals surface area contributed by atoms with Gasteiger partial charge in [0.1, 0.15) is 0 Å². The van der Waals surface area contributed by atoms with Gasteiger partial charge in [0, 0.05) is 12.0 Å². The second-order valence-electron chi connectivity index (χ2n) is 6.47. The van der Waals surface area contributed by atoms with Crippen molar-refractivity contribution in [2.45, 2.75) is 77.3 Å². The number of unbranched alkanes of at least 4 members (excludes halogenated alkanes) is 1. The third kappa shape index (κ3) is 4.51. The van der Waals surface area contributed by atoms with Crippen molar-refractivity contribution in [3.63, 3.8) is 0 Å². The van der Waals surface area contributed by atoms with Crippen molar-refractivity contribution in [1.82, 2.24) is 15.5 Å². The average Bonchev–Trinajstić information content (AvgIpc) is 2.99. The van der Waals surface area contributed by atoms with Gasteiger partial charge in [0.2, 0.25) is 5.89 Å². The molecule has 1 saturated carbocycles. The molecule has 1 atom stereocenters. The van der Waals surface area contributed by atoms with Gasteiger partial charge in [0.15, 0.2) is 5.82 Å². The number of aromatic nitrogens is 2. The molecule has 1 fully saturated rings. The Balaban J connectivity index is 1.88. The molecule has 0 saturated heterocycles. The molecule has 1 aromatic heterocycles. The molecular weight excluding hydrogens is 266 g/mol.